The van der Waals surface area contributed by atoms with Gasteiger partial charge < -0.3 is 16.3 Å². The lowest BCUT2D eigenvalue weighted by Crippen LogP contribution is -2.59. The molecule has 1 aromatic heterocycles. The van der Waals surface area contributed by atoms with Crippen molar-refractivity contribution >= 4 is 21.8 Å². The first-order valence-electron chi connectivity index (χ1n) is 8.50. The number of hydroxylamine groups is 2. The molecule has 2 heterocycles. The lowest BCUT2D eigenvalue weighted by atomic mass is 10.0. The highest BCUT2D eigenvalue weighted by Gasteiger charge is 2.49. The van der Waals surface area contributed by atoms with E-state index < -0.39 is 49.3 Å². The SMILES string of the molecule is C[C@@H](CC(=O)[N+]([O-])(C1CCCNCC1)S(=O)(=O)c1ccccn1)C(N)=O. The maximum absolute atomic E-state index is 13.7. The number of sulfonamides is 1. The van der Waals surface area contributed by atoms with Crippen LogP contribution in [-0.4, -0.2) is 48.4 Å². The smallest absolute Gasteiger partial charge is 0.351 e. The molecule has 2 rings (SSSR count). The Morgan fingerprint density at radius 3 is 2.73 bits per heavy atom. The lowest BCUT2D eigenvalue weighted by molar-refractivity contribution is -0.705. The standard InChI is InChI=1S/C16H24N4O5S/c1-12(16(17)22)11-15(21)20(23,13-5-4-8-18-10-7-13)26(24,25)14-6-2-3-9-19-14/h2-3,6,9,12-13,18H,4-5,7-8,10-11H2,1H3,(H2,17,22)/t12-,13?,20?/m0/s1. The normalized spacial score (nSPS) is 22.0. The fourth-order valence-electron chi connectivity index (χ4n) is 3.00. The van der Waals surface area contributed by atoms with Crippen LogP contribution in [0.15, 0.2) is 29.4 Å². The van der Waals surface area contributed by atoms with Gasteiger partial charge in [0.25, 0.3) is 0 Å². The van der Waals surface area contributed by atoms with Crippen molar-refractivity contribution in [1.29, 1.82) is 0 Å². The molecule has 10 heteroatoms. The molecule has 0 radical (unpaired) electrons. The van der Waals surface area contributed by atoms with Gasteiger partial charge in [-0.15, -0.1) is 0 Å². The number of pyridine rings is 1. The minimum absolute atomic E-state index is 0.228. The molecule has 26 heavy (non-hydrogen) atoms. The molecule has 1 aliphatic rings. The van der Waals surface area contributed by atoms with Gasteiger partial charge in [0.1, 0.15) is 6.04 Å². The lowest BCUT2D eigenvalue weighted by Gasteiger charge is -2.43. The second kappa shape index (κ2) is 8.21. The molecule has 1 fully saturated rings. The number of carbonyl (C=O) groups excluding carboxylic acids is 2. The summed E-state index contributed by atoms with van der Waals surface area (Å²) in [6.07, 6.45) is 1.80. The first-order valence-corrected chi connectivity index (χ1v) is 9.94. The van der Waals surface area contributed by atoms with E-state index in [0.717, 1.165) is 0 Å². The second-order valence-electron chi connectivity index (χ2n) is 6.48. The van der Waals surface area contributed by atoms with Gasteiger partial charge in [-0.2, -0.15) is 12.5 Å². The molecule has 1 aliphatic heterocycles. The molecule has 0 spiro atoms. The molecule has 2 amide bonds. The summed E-state index contributed by atoms with van der Waals surface area (Å²) in [5, 5.41) is 16.3. The summed E-state index contributed by atoms with van der Waals surface area (Å²) in [4.78, 5) is 27.9. The summed E-state index contributed by atoms with van der Waals surface area (Å²) >= 11 is 0. The van der Waals surface area contributed by atoms with Crippen LogP contribution in [0, 0.1) is 11.1 Å². The number of quaternary nitrogens is 1. The number of aromatic nitrogens is 1. The van der Waals surface area contributed by atoms with Crippen LogP contribution in [0.2, 0.25) is 0 Å². The van der Waals surface area contributed by atoms with Crippen molar-refractivity contribution in [2.45, 2.75) is 43.7 Å². The number of carbonyl (C=O) groups is 2. The molecule has 3 atom stereocenters. The number of nitrogens with zero attached hydrogens (tertiary/aromatic N) is 2. The average Bonchev–Trinajstić information content (AvgIpc) is 2.91. The summed E-state index contributed by atoms with van der Waals surface area (Å²) in [5.41, 5.74) is 5.18. The molecule has 144 valence electrons. The van der Waals surface area contributed by atoms with E-state index >= 15 is 0 Å². The number of nitrogens with one attached hydrogen (secondary N) is 1. The number of hydrogen-bond donors (Lipinski definition) is 2. The molecule has 0 aromatic carbocycles. The van der Waals surface area contributed by atoms with Crippen molar-refractivity contribution in [1.82, 2.24) is 10.3 Å². The van der Waals surface area contributed by atoms with Crippen molar-refractivity contribution in [2.24, 2.45) is 11.7 Å². The Kier molecular flexibility index (Phi) is 6.45. The van der Waals surface area contributed by atoms with E-state index in [1.165, 1.54) is 31.3 Å². The topological polar surface area (TPSA) is 142 Å². The summed E-state index contributed by atoms with van der Waals surface area (Å²) in [6.45, 7) is 2.47. The van der Waals surface area contributed by atoms with E-state index in [9.17, 15) is 23.2 Å². The Morgan fingerprint density at radius 1 is 1.38 bits per heavy atom. The number of rotatable bonds is 6. The highest BCUT2D eigenvalue weighted by atomic mass is 32.2. The van der Waals surface area contributed by atoms with Gasteiger partial charge in [-0.25, -0.2) is 9.78 Å². The van der Waals surface area contributed by atoms with Crippen LogP contribution in [0.3, 0.4) is 0 Å². The van der Waals surface area contributed by atoms with Crippen LogP contribution in [-0.2, 0) is 19.6 Å². The molecule has 0 aliphatic carbocycles. The van der Waals surface area contributed by atoms with Gasteiger partial charge >= 0.3 is 15.9 Å². The van der Waals surface area contributed by atoms with Crippen LogP contribution < -0.4 is 11.1 Å². The van der Waals surface area contributed by atoms with Crippen LogP contribution >= 0.6 is 0 Å². The maximum Gasteiger partial charge on any atom is 0.351 e. The third kappa shape index (κ3) is 3.93. The summed E-state index contributed by atoms with van der Waals surface area (Å²) < 4.78 is 24.2. The van der Waals surface area contributed by atoms with Crippen molar-refractivity contribution < 1.29 is 22.1 Å². The molecule has 0 saturated carbocycles. The first kappa shape index (κ1) is 20.4. The predicted molar refractivity (Wildman–Crippen MR) is 93.5 cm³/mol. The van der Waals surface area contributed by atoms with Crippen LogP contribution in [0.25, 0.3) is 0 Å². The maximum atomic E-state index is 13.7. The molecule has 1 aromatic rings. The van der Waals surface area contributed by atoms with Crippen LogP contribution in [0.5, 0.6) is 0 Å². The fraction of sp³-hybridized carbons (Fsp3) is 0.562. The average molecular weight is 384 g/mol. The largest absolute Gasteiger partial charge is 0.608 e. The fourth-order valence-corrected chi connectivity index (χ4v) is 4.67. The van der Waals surface area contributed by atoms with Gasteiger partial charge in [0.15, 0.2) is 0 Å². The van der Waals surface area contributed by atoms with Gasteiger partial charge in [0, 0.05) is 31.5 Å². The summed E-state index contributed by atoms with van der Waals surface area (Å²) in [5.74, 6) is -2.78. The van der Waals surface area contributed by atoms with Gasteiger partial charge in [-0.1, -0.05) is 13.0 Å². The number of amides is 2. The van der Waals surface area contributed by atoms with Gasteiger partial charge in [-0.05, 0) is 25.1 Å². The second-order valence-corrected chi connectivity index (χ2v) is 8.39. The van der Waals surface area contributed by atoms with E-state index in [2.05, 4.69) is 10.3 Å². The number of nitrogens with two attached hydrogens (primary N) is 1. The Morgan fingerprint density at radius 2 is 2.12 bits per heavy atom. The minimum Gasteiger partial charge on any atom is -0.608 e. The molecule has 0 bridgehead atoms. The van der Waals surface area contributed by atoms with Crippen molar-refractivity contribution in [3.05, 3.63) is 29.6 Å². The third-order valence-corrected chi connectivity index (χ3v) is 6.59. The third-order valence-electron chi connectivity index (χ3n) is 4.60. The zero-order valence-corrected chi connectivity index (χ0v) is 15.4. The van der Waals surface area contributed by atoms with E-state index in [4.69, 9.17) is 5.73 Å². The summed E-state index contributed by atoms with van der Waals surface area (Å²) in [6, 6.07) is 3.19. The minimum atomic E-state index is -4.65. The zero-order chi connectivity index (χ0) is 19.4. The van der Waals surface area contributed by atoms with Crippen LogP contribution in [0.4, 0.5) is 0 Å². The highest BCUT2D eigenvalue weighted by Crippen LogP contribution is 2.32. The van der Waals surface area contributed by atoms with E-state index in [-0.39, 0.29) is 12.8 Å². The Labute approximate surface area is 152 Å². The Hall–Kier alpha value is -1.88. The molecule has 3 N–H and O–H groups in total. The molecule has 1 saturated heterocycles. The Bertz CT molecular complexity index is 747. The molecular weight excluding hydrogens is 360 g/mol. The highest BCUT2D eigenvalue weighted by molar-refractivity contribution is 7.86. The number of primary amides is 1. The van der Waals surface area contributed by atoms with Crippen molar-refractivity contribution in [3.8, 4) is 0 Å². The quantitative estimate of drug-likeness (QED) is 0.529. The van der Waals surface area contributed by atoms with Crippen molar-refractivity contribution in [3.63, 3.8) is 0 Å². The molecular formula is C16H24N4O5S. The first-order chi connectivity index (χ1) is 12.2. The van der Waals surface area contributed by atoms with Crippen LogP contribution in [0.1, 0.15) is 32.6 Å². The number of hydrogen-bond acceptors (Lipinski definition) is 7. The van der Waals surface area contributed by atoms with E-state index in [1.807, 2.05) is 0 Å². The zero-order valence-electron chi connectivity index (χ0n) is 14.6. The Balaban J connectivity index is 2.50. The molecule has 2 unspecified atom stereocenters. The predicted octanol–water partition coefficient (Wildman–Crippen LogP) is 0.265. The van der Waals surface area contributed by atoms with Gasteiger partial charge in [0.05, 0.1) is 6.42 Å². The van der Waals surface area contributed by atoms with Gasteiger partial charge in [-0.3, -0.25) is 4.79 Å². The summed E-state index contributed by atoms with van der Waals surface area (Å²) in [7, 11) is -4.65. The molecule has 9 nitrogen and oxygen atoms in total. The van der Waals surface area contributed by atoms with Gasteiger partial charge in [0.2, 0.25) is 10.9 Å². The van der Waals surface area contributed by atoms with E-state index in [0.29, 0.717) is 19.5 Å². The monoisotopic (exact) mass is 384 g/mol. The van der Waals surface area contributed by atoms with Crippen molar-refractivity contribution in [2.75, 3.05) is 13.1 Å². The van der Waals surface area contributed by atoms with E-state index in [1.54, 1.807) is 0 Å².